The minimum Gasteiger partial charge on any atom is -0.459 e. The molecular formula is C28H36N7O2S+. The highest BCUT2D eigenvalue weighted by atomic mass is 32.1. The number of pyridine rings is 1. The minimum absolute atomic E-state index is 0.00479. The predicted molar refractivity (Wildman–Crippen MR) is 152 cm³/mol. The number of nitrogens with two attached hydrogens (primary N) is 1. The number of ether oxygens (including phenoxy) is 1. The Morgan fingerprint density at radius 2 is 2.00 bits per heavy atom. The lowest BCUT2D eigenvalue weighted by molar-refractivity contribution is -0.648. The zero-order valence-corrected chi connectivity index (χ0v) is 23.2. The predicted octanol–water partition coefficient (Wildman–Crippen LogP) is 3.00. The lowest BCUT2D eigenvalue weighted by Gasteiger charge is -2.34. The van der Waals surface area contributed by atoms with Crippen LogP contribution < -0.4 is 10.3 Å². The van der Waals surface area contributed by atoms with Crippen molar-refractivity contribution in [3.8, 4) is 0 Å². The number of hydrogen-bond donors (Lipinski definition) is 1. The van der Waals surface area contributed by atoms with Gasteiger partial charge in [-0.1, -0.05) is 42.2 Å². The molecule has 200 valence electrons. The molecule has 2 aromatic heterocycles. The molecular weight excluding hydrogens is 498 g/mol. The molecule has 1 aliphatic heterocycles. The Balaban J connectivity index is 1.37. The Hall–Kier alpha value is -3.47. The van der Waals surface area contributed by atoms with Gasteiger partial charge in [-0.2, -0.15) is 4.57 Å². The maximum atomic E-state index is 11.2. The molecule has 0 bridgehead atoms. The smallest absolute Gasteiger partial charge is 0.316 e. The van der Waals surface area contributed by atoms with Gasteiger partial charge in [0.25, 0.3) is 0 Å². The molecule has 0 radical (unpaired) electrons. The van der Waals surface area contributed by atoms with Crippen LogP contribution >= 0.6 is 11.3 Å². The van der Waals surface area contributed by atoms with Crippen molar-refractivity contribution in [2.75, 3.05) is 32.7 Å². The van der Waals surface area contributed by atoms with Crippen molar-refractivity contribution in [1.82, 2.24) is 14.8 Å². The Morgan fingerprint density at radius 3 is 2.71 bits per heavy atom. The quantitative estimate of drug-likeness (QED) is 0.258. The molecule has 0 spiro atoms. The number of aryl methyl sites for hydroxylation is 1. The van der Waals surface area contributed by atoms with Crippen LogP contribution in [0.25, 0.3) is 10.2 Å². The summed E-state index contributed by atoms with van der Waals surface area (Å²) in [6.45, 7) is 13.2. The van der Waals surface area contributed by atoms with E-state index in [0.717, 1.165) is 48.8 Å². The third kappa shape index (κ3) is 7.09. The number of nitrogens with zero attached hydrogens (tertiary/aromatic N) is 6. The second-order valence-electron chi connectivity index (χ2n) is 9.46. The summed E-state index contributed by atoms with van der Waals surface area (Å²) in [6, 6.07) is 10.7. The van der Waals surface area contributed by atoms with Gasteiger partial charge in [0, 0.05) is 45.1 Å². The van der Waals surface area contributed by atoms with Crippen LogP contribution in [-0.4, -0.2) is 65.7 Å². The second-order valence-corrected chi connectivity index (χ2v) is 10.5. The number of primary amides is 1. The van der Waals surface area contributed by atoms with E-state index in [1.165, 1.54) is 10.3 Å². The van der Waals surface area contributed by atoms with Crippen LogP contribution in [0.15, 0.2) is 65.0 Å². The highest BCUT2D eigenvalue weighted by Crippen LogP contribution is 2.29. The van der Waals surface area contributed by atoms with Gasteiger partial charge in [-0.25, -0.2) is 9.98 Å². The van der Waals surface area contributed by atoms with Crippen LogP contribution in [0.3, 0.4) is 0 Å². The van der Waals surface area contributed by atoms with Gasteiger partial charge in [0.05, 0.1) is 24.4 Å². The van der Waals surface area contributed by atoms with Gasteiger partial charge in [-0.15, -0.1) is 0 Å². The molecule has 1 fully saturated rings. The minimum atomic E-state index is -0.272. The Labute approximate surface area is 228 Å². The van der Waals surface area contributed by atoms with Crippen molar-refractivity contribution in [2.45, 2.75) is 32.9 Å². The second kappa shape index (κ2) is 12.9. The van der Waals surface area contributed by atoms with E-state index in [1.54, 1.807) is 17.6 Å². The van der Waals surface area contributed by atoms with E-state index in [4.69, 9.17) is 10.5 Å². The van der Waals surface area contributed by atoms with Crippen LogP contribution in [0.5, 0.6) is 0 Å². The molecule has 1 atom stereocenters. The monoisotopic (exact) mass is 534 g/mol. The highest BCUT2D eigenvalue weighted by Gasteiger charge is 2.25. The van der Waals surface area contributed by atoms with Crippen LogP contribution in [0.2, 0.25) is 0 Å². The first-order chi connectivity index (χ1) is 18.3. The van der Waals surface area contributed by atoms with Crippen molar-refractivity contribution >= 4 is 39.7 Å². The molecule has 1 aromatic carbocycles. The summed E-state index contributed by atoms with van der Waals surface area (Å²) in [5, 5.41) is 1.14. The van der Waals surface area contributed by atoms with Crippen LogP contribution in [-0.2, 0) is 29.7 Å². The molecule has 1 saturated heterocycles. The number of allylic oxidation sites excluding steroid dienone is 1. The van der Waals surface area contributed by atoms with Crippen LogP contribution in [0.4, 0.5) is 0 Å². The summed E-state index contributed by atoms with van der Waals surface area (Å²) in [4.78, 5) is 28.9. The molecule has 2 N–H and O–H groups in total. The van der Waals surface area contributed by atoms with E-state index in [2.05, 4.69) is 61.0 Å². The highest BCUT2D eigenvalue weighted by molar-refractivity contribution is 7.18. The number of thiazole rings is 1. The number of aromatic nitrogens is 2. The van der Waals surface area contributed by atoms with Crippen molar-refractivity contribution in [1.29, 1.82) is 0 Å². The Morgan fingerprint density at radius 1 is 1.26 bits per heavy atom. The fourth-order valence-corrected chi connectivity index (χ4v) is 5.71. The standard InChI is InChI=1S/C28H35N7O2S/c1-5-31-28(32-21(3)20(2)27-33(4)24-16-30-10-9-25(24)38-27)37-19-23-8-6-7-22(15-23)17-34-11-13-35(14-12-34)18-26(29)36/h5-10,15-16,20H,3,11-14,17-19H2,1-2,4H3,(H-,29,36)/p+1. The van der Waals surface area contributed by atoms with Gasteiger partial charge >= 0.3 is 6.02 Å². The number of aliphatic imine (C=N–C) groups is 2. The number of rotatable bonds is 9. The topological polar surface area (TPSA) is 100 Å². The lowest BCUT2D eigenvalue weighted by Crippen LogP contribution is -2.48. The van der Waals surface area contributed by atoms with Crippen molar-refractivity contribution < 1.29 is 14.1 Å². The van der Waals surface area contributed by atoms with E-state index in [1.807, 2.05) is 38.5 Å². The van der Waals surface area contributed by atoms with Crippen molar-refractivity contribution in [2.24, 2.45) is 22.8 Å². The van der Waals surface area contributed by atoms with Gasteiger partial charge in [-0.3, -0.25) is 19.6 Å². The first-order valence-corrected chi connectivity index (χ1v) is 13.6. The molecule has 10 heteroatoms. The van der Waals surface area contributed by atoms with Crippen LogP contribution in [0, 0.1) is 0 Å². The lowest BCUT2D eigenvalue weighted by atomic mass is 10.1. The van der Waals surface area contributed by atoms with Gasteiger partial charge in [0.1, 0.15) is 18.4 Å². The summed E-state index contributed by atoms with van der Waals surface area (Å²) < 4.78 is 9.35. The Kier molecular flexibility index (Phi) is 9.33. The first-order valence-electron chi connectivity index (χ1n) is 12.8. The van der Waals surface area contributed by atoms with Crippen molar-refractivity contribution in [3.63, 3.8) is 0 Å². The summed E-state index contributed by atoms with van der Waals surface area (Å²) in [5.74, 6) is -0.277. The van der Waals surface area contributed by atoms with Gasteiger partial charge in [-0.05, 0) is 31.0 Å². The summed E-state index contributed by atoms with van der Waals surface area (Å²) in [5.41, 5.74) is 9.37. The molecule has 38 heavy (non-hydrogen) atoms. The molecule has 1 aliphatic rings. The van der Waals surface area contributed by atoms with Crippen molar-refractivity contribution in [3.05, 3.63) is 71.1 Å². The number of piperazine rings is 1. The maximum absolute atomic E-state index is 11.2. The van der Waals surface area contributed by atoms with E-state index in [-0.39, 0.29) is 11.8 Å². The molecule has 1 amide bonds. The molecule has 9 nitrogen and oxygen atoms in total. The maximum Gasteiger partial charge on any atom is 0.316 e. The summed E-state index contributed by atoms with van der Waals surface area (Å²) >= 11 is 1.72. The number of fused-ring (bicyclic) bond motifs is 1. The average molecular weight is 535 g/mol. The third-order valence-corrected chi connectivity index (χ3v) is 8.03. The third-order valence-electron chi connectivity index (χ3n) is 6.63. The Bertz CT molecular complexity index is 1340. The number of amides is 1. The summed E-state index contributed by atoms with van der Waals surface area (Å²) in [6.07, 6.45) is 5.36. The molecule has 0 aliphatic carbocycles. The zero-order valence-electron chi connectivity index (χ0n) is 22.3. The molecule has 3 aromatic rings. The van der Waals surface area contributed by atoms with E-state index < -0.39 is 0 Å². The number of benzene rings is 1. The fourth-order valence-electron chi connectivity index (χ4n) is 4.51. The largest absolute Gasteiger partial charge is 0.459 e. The van der Waals surface area contributed by atoms with Gasteiger partial charge in [0.15, 0.2) is 0 Å². The average Bonchev–Trinajstić information content (AvgIpc) is 3.24. The number of carbonyl (C=O) groups is 1. The normalized spacial score (nSPS) is 16.2. The molecule has 3 heterocycles. The van der Waals surface area contributed by atoms with E-state index in [9.17, 15) is 4.79 Å². The number of carbonyl (C=O) groups excluding carboxylic acids is 1. The SMILES string of the molecule is C=C(N=C(N=CC)OCc1cccc(CN2CCN(CC(N)=O)CC2)c1)C(C)c1sc2ccncc2[n+]1C. The van der Waals surface area contributed by atoms with E-state index >= 15 is 0 Å². The fraction of sp³-hybridized carbons (Fsp3) is 0.393. The van der Waals surface area contributed by atoms with Gasteiger partial charge < -0.3 is 10.5 Å². The van der Waals surface area contributed by atoms with Gasteiger partial charge in [0.2, 0.25) is 16.4 Å². The first kappa shape index (κ1) is 27.6. The number of hydrogen-bond acceptors (Lipinski definition) is 7. The van der Waals surface area contributed by atoms with E-state index in [0.29, 0.717) is 24.9 Å². The molecule has 1 unspecified atom stereocenters. The molecule has 0 saturated carbocycles. The molecule has 4 rings (SSSR count). The zero-order chi connectivity index (χ0) is 27.1. The summed E-state index contributed by atoms with van der Waals surface area (Å²) in [7, 11) is 2.04. The number of amidine groups is 1. The van der Waals surface area contributed by atoms with Crippen LogP contribution in [0.1, 0.15) is 35.9 Å².